The van der Waals surface area contributed by atoms with Crippen LogP contribution in [0.1, 0.15) is 52.7 Å². The molecule has 4 heterocycles. The van der Waals surface area contributed by atoms with E-state index in [-0.39, 0.29) is 36.5 Å². The third-order valence-corrected chi connectivity index (χ3v) is 8.45. The third kappa shape index (κ3) is 4.77. The fourth-order valence-electron chi connectivity index (χ4n) is 5.45. The Morgan fingerprint density at radius 1 is 1.10 bits per heavy atom. The number of hydrogen-bond donors (Lipinski definition) is 0. The number of ether oxygens (including phenoxy) is 1. The minimum atomic E-state index is -0.636. The molecular weight excluding hydrogens is 534 g/mol. The molecule has 1 saturated heterocycles. The van der Waals surface area contributed by atoms with Crippen molar-refractivity contribution in [3.8, 4) is 16.3 Å². The van der Waals surface area contributed by atoms with Crippen molar-refractivity contribution in [2.45, 2.75) is 45.4 Å². The maximum absolute atomic E-state index is 14.3. The Morgan fingerprint density at radius 2 is 1.93 bits per heavy atom. The zero-order valence-corrected chi connectivity index (χ0v) is 22.8. The number of halogens is 2. The van der Waals surface area contributed by atoms with Crippen LogP contribution in [0.15, 0.2) is 65.7 Å². The lowest BCUT2D eigenvalue weighted by Crippen LogP contribution is -2.63. The third-order valence-electron chi connectivity index (χ3n) is 7.42. The van der Waals surface area contributed by atoms with Crippen LogP contribution in [0.5, 0.6) is 5.75 Å². The van der Waals surface area contributed by atoms with E-state index in [0.29, 0.717) is 22.7 Å². The van der Waals surface area contributed by atoms with E-state index in [1.165, 1.54) is 23.5 Å². The first-order valence-corrected chi connectivity index (χ1v) is 14.2. The van der Waals surface area contributed by atoms with Crippen molar-refractivity contribution in [3.63, 3.8) is 0 Å². The second-order valence-electron chi connectivity index (χ2n) is 9.94. The van der Waals surface area contributed by atoms with Gasteiger partial charge in [0.2, 0.25) is 5.43 Å². The van der Waals surface area contributed by atoms with Crippen LogP contribution < -0.4 is 15.2 Å². The van der Waals surface area contributed by atoms with Crippen LogP contribution in [0.2, 0.25) is 0 Å². The molecule has 2 aliphatic heterocycles. The lowest BCUT2D eigenvalue weighted by molar-refractivity contribution is 0.0533. The zero-order valence-electron chi connectivity index (χ0n) is 22.0. The van der Waals surface area contributed by atoms with Crippen LogP contribution in [-0.2, 0) is 13.0 Å². The molecule has 206 valence electrons. The number of hydrogen-bond acceptors (Lipinski definition) is 6. The number of thiazole rings is 1. The summed E-state index contributed by atoms with van der Waals surface area (Å²) >= 11 is 1.26. The summed E-state index contributed by atoms with van der Waals surface area (Å²) in [7, 11) is 0. The van der Waals surface area contributed by atoms with Gasteiger partial charge in [0.25, 0.3) is 5.91 Å². The van der Waals surface area contributed by atoms with E-state index in [1.54, 1.807) is 17.1 Å². The van der Waals surface area contributed by atoms with Gasteiger partial charge < -0.3 is 9.64 Å². The second kappa shape index (κ2) is 10.8. The van der Waals surface area contributed by atoms with Crippen molar-refractivity contribution in [1.82, 2.24) is 14.6 Å². The molecule has 1 fully saturated rings. The average Bonchev–Trinajstić information content (AvgIpc) is 3.43. The predicted molar refractivity (Wildman–Crippen MR) is 149 cm³/mol. The molecule has 0 spiro atoms. The first kappa shape index (κ1) is 26.2. The minimum Gasteiger partial charge on any atom is -0.482 e. The van der Waals surface area contributed by atoms with Crippen molar-refractivity contribution < 1.29 is 18.3 Å². The lowest BCUT2D eigenvalue weighted by Gasteiger charge is -2.48. The molecule has 1 amide bonds. The molecule has 7 nitrogen and oxygen atoms in total. The van der Waals surface area contributed by atoms with Crippen LogP contribution in [0.3, 0.4) is 0 Å². The summed E-state index contributed by atoms with van der Waals surface area (Å²) in [6.07, 6.45) is 6.22. The van der Waals surface area contributed by atoms with Crippen LogP contribution in [0.25, 0.3) is 10.6 Å². The SMILES string of the molecule is CCN1C(=O)c2c(OCc3ccccc3)c(=O)c(-c3ncc(Cc4ccc(F)cc4F)s3)cn2N2CCCC[C@@H]12. The van der Waals surface area contributed by atoms with Gasteiger partial charge >= 0.3 is 0 Å². The van der Waals surface area contributed by atoms with Crippen LogP contribution in [0.4, 0.5) is 8.78 Å². The van der Waals surface area contributed by atoms with Gasteiger partial charge in [-0.25, -0.2) is 13.8 Å². The Kier molecular flexibility index (Phi) is 7.10. The van der Waals surface area contributed by atoms with Gasteiger partial charge in [-0.1, -0.05) is 36.4 Å². The maximum atomic E-state index is 14.3. The van der Waals surface area contributed by atoms with Gasteiger partial charge in [-0.15, -0.1) is 11.3 Å². The molecule has 0 saturated carbocycles. The largest absolute Gasteiger partial charge is 0.482 e. The average molecular weight is 563 g/mol. The molecule has 0 bridgehead atoms. The first-order valence-electron chi connectivity index (χ1n) is 13.4. The molecule has 0 unspecified atom stereocenters. The quantitative estimate of drug-likeness (QED) is 0.304. The molecule has 40 heavy (non-hydrogen) atoms. The van der Waals surface area contributed by atoms with E-state index >= 15 is 0 Å². The van der Waals surface area contributed by atoms with Gasteiger partial charge in [-0.05, 0) is 43.4 Å². The number of amides is 1. The molecular formula is C30H28F2N4O3S. The maximum Gasteiger partial charge on any atom is 0.278 e. The summed E-state index contributed by atoms with van der Waals surface area (Å²) in [6, 6.07) is 13.0. The van der Waals surface area contributed by atoms with Gasteiger partial charge in [0.15, 0.2) is 11.4 Å². The molecule has 0 N–H and O–H groups in total. The normalized spacial score (nSPS) is 16.6. The van der Waals surface area contributed by atoms with E-state index < -0.39 is 17.1 Å². The molecule has 0 radical (unpaired) electrons. The summed E-state index contributed by atoms with van der Waals surface area (Å²) in [4.78, 5) is 34.8. The molecule has 2 aromatic carbocycles. The van der Waals surface area contributed by atoms with Crippen LogP contribution in [0, 0.1) is 11.6 Å². The number of nitrogens with zero attached hydrogens (tertiary/aromatic N) is 4. The highest BCUT2D eigenvalue weighted by atomic mass is 32.1. The highest BCUT2D eigenvalue weighted by Gasteiger charge is 2.41. The lowest BCUT2D eigenvalue weighted by atomic mass is 10.1. The van der Waals surface area contributed by atoms with E-state index in [2.05, 4.69) is 9.99 Å². The molecule has 6 rings (SSSR count). The van der Waals surface area contributed by atoms with E-state index in [0.717, 1.165) is 42.3 Å². The Bertz CT molecular complexity index is 1620. The standard InChI is InChI=1S/C30H28F2N4O3S/c1-2-34-25-10-6-7-13-35(25)36-17-23(29-33-16-22(40-29)14-20-11-12-21(31)15-24(20)32)27(37)28(26(36)30(34)38)39-18-19-8-4-3-5-9-19/h3-5,8-9,11-12,15-17,25H,2,6-7,10,13-14,18H2,1H3/t25-/m0/s1. The Labute approximate surface area is 234 Å². The van der Waals surface area contributed by atoms with Crippen molar-refractivity contribution >= 4 is 17.2 Å². The number of piperidine rings is 1. The fraction of sp³-hybridized carbons (Fsp3) is 0.300. The van der Waals surface area contributed by atoms with E-state index in [1.807, 2.05) is 42.2 Å². The molecule has 0 aliphatic carbocycles. The van der Waals surface area contributed by atoms with Crippen LogP contribution in [-0.4, -0.2) is 39.7 Å². The Hall–Kier alpha value is -4.05. The van der Waals surface area contributed by atoms with Crippen LogP contribution >= 0.6 is 11.3 Å². The number of carbonyl (C=O) groups is 1. The molecule has 4 aromatic rings. The highest BCUT2D eigenvalue weighted by Crippen LogP contribution is 2.33. The number of carbonyl (C=O) groups excluding carboxylic acids is 1. The van der Waals surface area contributed by atoms with Crippen molar-refractivity contribution in [1.29, 1.82) is 0 Å². The minimum absolute atomic E-state index is 0.00449. The number of fused-ring (bicyclic) bond motifs is 3. The summed E-state index contributed by atoms with van der Waals surface area (Å²) in [5.41, 5.74) is 1.32. The zero-order chi connectivity index (χ0) is 27.8. The molecule has 2 aliphatic rings. The molecule has 10 heteroatoms. The van der Waals surface area contributed by atoms with Gasteiger partial charge in [-0.2, -0.15) is 0 Å². The van der Waals surface area contributed by atoms with Gasteiger partial charge in [-0.3, -0.25) is 19.3 Å². The summed E-state index contributed by atoms with van der Waals surface area (Å²) in [6.45, 7) is 3.32. The number of rotatable bonds is 7. The van der Waals surface area contributed by atoms with E-state index in [4.69, 9.17) is 4.74 Å². The number of benzene rings is 2. The molecule has 1 atom stereocenters. The summed E-state index contributed by atoms with van der Waals surface area (Å²) in [5, 5.41) is 2.58. The number of pyridine rings is 1. The topological polar surface area (TPSA) is 67.7 Å². The Morgan fingerprint density at radius 3 is 2.70 bits per heavy atom. The van der Waals surface area contributed by atoms with Crippen molar-refractivity contribution in [3.05, 3.63) is 104 Å². The first-order chi connectivity index (χ1) is 19.4. The number of aromatic nitrogens is 2. The van der Waals surface area contributed by atoms with Crippen molar-refractivity contribution in [2.75, 3.05) is 18.1 Å². The van der Waals surface area contributed by atoms with Gasteiger partial charge in [0, 0.05) is 42.8 Å². The fourth-order valence-corrected chi connectivity index (χ4v) is 6.39. The Balaban J connectivity index is 1.44. The summed E-state index contributed by atoms with van der Waals surface area (Å²) in [5.74, 6) is -1.50. The predicted octanol–water partition coefficient (Wildman–Crippen LogP) is 5.34. The van der Waals surface area contributed by atoms with E-state index in [9.17, 15) is 18.4 Å². The second-order valence-corrected chi connectivity index (χ2v) is 11.1. The van der Waals surface area contributed by atoms with Gasteiger partial charge in [0.1, 0.15) is 29.4 Å². The summed E-state index contributed by atoms with van der Waals surface area (Å²) < 4.78 is 35.6. The van der Waals surface area contributed by atoms with Crippen molar-refractivity contribution in [2.24, 2.45) is 0 Å². The highest BCUT2D eigenvalue weighted by molar-refractivity contribution is 7.15. The molecule has 2 aromatic heterocycles. The van der Waals surface area contributed by atoms with Gasteiger partial charge in [0.05, 0.1) is 5.56 Å². The smallest absolute Gasteiger partial charge is 0.278 e. The monoisotopic (exact) mass is 562 g/mol.